The Kier molecular flexibility index (Phi) is 4.65. The zero-order valence-corrected chi connectivity index (χ0v) is 8.59. The molecule has 15 heavy (non-hydrogen) atoms. The van der Waals surface area contributed by atoms with Crippen molar-refractivity contribution in [1.29, 1.82) is 0 Å². The van der Waals surface area contributed by atoms with Gasteiger partial charge >= 0.3 is 0 Å². The number of aliphatic hydroxyl groups is 1. The zero-order valence-electron chi connectivity index (χ0n) is 8.59. The molecule has 1 rings (SSSR count). The van der Waals surface area contributed by atoms with E-state index in [1.54, 1.807) is 6.07 Å². The molecule has 0 aromatic heterocycles. The first-order valence-electron chi connectivity index (χ1n) is 4.75. The second-order valence-electron chi connectivity index (χ2n) is 3.31. The molecule has 0 aliphatic carbocycles. The van der Waals surface area contributed by atoms with Crippen LogP contribution in [0.4, 0.5) is 8.78 Å². The van der Waals surface area contributed by atoms with Crippen LogP contribution >= 0.6 is 0 Å². The van der Waals surface area contributed by atoms with Gasteiger partial charge in [0, 0.05) is 13.7 Å². The van der Waals surface area contributed by atoms with E-state index in [0.717, 1.165) is 6.07 Å². The van der Waals surface area contributed by atoms with Gasteiger partial charge in [0.2, 0.25) is 0 Å². The first-order chi connectivity index (χ1) is 7.19. The number of benzene rings is 1. The Labute approximate surface area is 87.5 Å². The molecule has 0 saturated carbocycles. The summed E-state index contributed by atoms with van der Waals surface area (Å²) in [6.07, 6.45) is 0.754. The third kappa shape index (κ3) is 3.25. The largest absolute Gasteiger partial charge is 0.396 e. The number of rotatable bonds is 5. The van der Waals surface area contributed by atoms with E-state index in [1.807, 2.05) is 0 Å². The number of hydrogen-bond acceptors (Lipinski definition) is 2. The number of methoxy groups -OCH3 is 1. The first-order valence-corrected chi connectivity index (χ1v) is 4.75. The highest BCUT2D eigenvalue weighted by Gasteiger charge is 2.10. The van der Waals surface area contributed by atoms with Crippen molar-refractivity contribution < 1.29 is 18.6 Å². The van der Waals surface area contributed by atoms with Crippen LogP contribution in [0.3, 0.4) is 0 Å². The molecule has 0 unspecified atom stereocenters. The Morgan fingerprint density at radius 3 is 2.67 bits per heavy atom. The Morgan fingerprint density at radius 2 is 2.07 bits per heavy atom. The van der Waals surface area contributed by atoms with Crippen molar-refractivity contribution in [1.82, 2.24) is 0 Å². The maximum atomic E-state index is 13.2. The molecule has 0 radical (unpaired) electrons. The fraction of sp³-hybridized carbons (Fsp3) is 0.455. The van der Waals surface area contributed by atoms with E-state index in [9.17, 15) is 8.78 Å². The van der Waals surface area contributed by atoms with Crippen molar-refractivity contribution >= 4 is 0 Å². The van der Waals surface area contributed by atoms with Gasteiger partial charge in [-0.2, -0.15) is 0 Å². The van der Waals surface area contributed by atoms with Gasteiger partial charge in [-0.25, -0.2) is 8.78 Å². The summed E-state index contributed by atoms with van der Waals surface area (Å²) in [6, 6.07) is 2.69. The van der Waals surface area contributed by atoms with Gasteiger partial charge in [-0.15, -0.1) is 0 Å². The van der Waals surface area contributed by atoms with Crippen LogP contribution in [0.1, 0.15) is 17.5 Å². The minimum atomic E-state index is -0.863. The number of halogens is 2. The first kappa shape index (κ1) is 12.1. The Bertz CT molecular complexity index is 327. The van der Waals surface area contributed by atoms with Crippen LogP contribution in [0.2, 0.25) is 0 Å². The van der Waals surface area contributed by atoms with E-state index >= 15 is 0 Å². The number of hydrogen-bond donors (Lipinski definition) is 1. The summed E-state index contributed by atoms with van der Waals surface area (Å²) in [6.45, 7) is 0.221. The van der Waals surface area contributed by atoms with Gasteiger partial charge in [0.05, 0.1) is 6.61 Å². The van der Waals surface area contributed by atoms with Crippen molar-refractivity contribution in [3.8, 4) is 0 Å². The molecule has 0 amide bonds. The van der Waals surface area contributed by atoms with E-state index in [1.165, 1.54) is 7.11 Å². The summed E-state index contributed by atoms with van der Waals surface area (Å²) in [5, 5.41) is 8.62. The second kappa shape index (κ2) is 5.78. The van der Waals surface area contributed by atoms with Gasteiger partial charge in [0.25, 0.3) is 0 Å². The van der Waals surface area contributed by atoms with Gasteiger partial charge < -0.3 is 9.84 Å². The Balaban J connectivity index is 2.91. The monoisotopic (exact) mass is 216 g/mol. The Morgan fingerprint density at radius 1 is 1.33 bits per heavy atom. The molecule has 1 N–H and O–H groups in total. The highest BCUT2D eigenvalue weighted by Crippen LogP contribution is 2.17. The van der Waals surface area contributed by atoms with Crippen LogP contribution in [0.15, 0.2) is 12.1 Å². The van der Waals surface area contributed by atoms with Gasteiger partial charge in [-0.1, -0.05) is 6.07 Å². The van der Waals surface area contributed by atoms with Gasteiger partial charge in [0.1, 0.15) is 0 Å². The molecule has 2 nitrogen and oxygen atoms in total. The predicted molar refractivity (Wildman–Crippen MR) is 52.5 cm³/mol. The quantitative estimate of drug-likeness (QED) is 0.816. The SMILES string of the molecule is COCc1cc(F)c(F)c(CCCO)c1. The standard InChI is InChI=1S/C11H14F2O2/c1-15-7-8-5-9(3-2-4-14)11(13)10(12)6-8/h5-6,14H,2-4,7H2,1H3. The molecular weight excluding hydrogens is 202 g/mol. The summed E-state index contributed by atoms with van der Waals surface area (Å²) >= 11 is 0. The molecule has 0 aliphatic rings. The molecule has 0 bridgehead atoms. The summed E-state index contributed by atoms with van der Waals surface area (Å²) in [5.74, 6) is -1.69. The average molecular weight is 216 g/mol. The lowest BCUT2D eigenvalue weighted by molar-refractivity contribution is 0.184. The van der Waals surface area contributed by atoms with E-state index in [2.05, 4.69) is 0 Å². The molecule has 0 atom stereocenters. The summed E-state index contributed by atoms with van der Waals surface area (Å²) in [7, 11) is 1.49. The summed E-state index contributed by atoms with van der Waals surface area (Å²) in [4.78, 5) is 0. The fourth-order valence-corrected chi connectivity index (χ4v) is 1.41. The van der Waals surface area contributed by atoms with Crippen LogP contribution in [0.5, 0.6) is 0 Å². The van der Waals surface area contributed by atoms with Crippen LogP contribution in [0.25, 0.3) is 0 Å². The molecule has 0 saturated heterocycles. The molecule has 4 heteroatoms. The highest BCUT2D eigenvalue weighted by molar-refractivity contribution is 5.26. The minimum Gasteiger partial charge on any atom is -0.396 e. The van der Waals surface area contributed by atoms with Crippen molar-refractivity contribution in [2.75, 3.05) is 13.7 Å². The van der Waals surface area contributed by atoms with Crippen molar-refractivity contribution in [3.63, 3.8) is 0 Å². The normalized spacial score (nSPS) is 10.7. The van der Waals surface area contributed by atoms with Crippen LogP contribution < -0.4 is 0 Å². The Hall–Kier alpha value is -1.00. The molecule has 0 spiro atoms. The molecule has 0 heterocycles. The number of ether oxygens (including phenoxy) is 1. The lowest BCUT2D eigenvalue weighted by atomic mass is 10.1. The van der Waals surface area contributed by atoms with Crippen molar-refractivity contribution in [2.45, 2.75) is 19.4 Å². The maximum absolute atomic E-state index is 13.2. The molecule has 1 aromatic carbocycles. The average Bonchev–Trinajstić information content (AvgIpc) is 2.21. The smallest absolute Gasteiger partial charge is 0.162 e. The van der Waals surface area contributed by atoms with E-state index in [0.29, 0.717) is 18.4 Å². The highest BCUT2D eigenvalue weighted by atomic mass is 19.2. The molecule has 84 valence electrons. The van der Waals surface area contributed by atoms with Crippen LogP contribution in [0, 0.1) is 11.6 Å². The topological polar surface area (TPSA) is 29.5 Å². The van der Waals surface area contributed by atoms with Gasteiger partial charge in [-0.05, 0) is 30.0 Å². The lowest BCUT2D eigenvalue weighted by Crippen LogP contribution is -2.00. The molecular formula is C11H14F2O2. The van der Waals surface area contributed by atoms with Crippen molar-refractivity contribution in [2.24, 2.45) is 0 Å². The van der Waals surface area contributed by atoms with E-state index < -0.39 is 11.6 Å². The number of aliphatic hydroxyl groups excluding tert-OH is 1. The lowest BCUT2D eigenvalue weighted by Gasteiger charge is -2.06. The minimum absolute atomic E-state index is 0.0322. The molecule has 0 fully saturated rings. The van der Waals surface area contributed by atoms with Gasteiger partial charge in [-0.3, -0.25) is 0 Å². The van der Waals surface area contributed by atoms with Crippen LogP contribution in [-0.2, 0) is 17.8 Å². The van der Waals surface area contributed by atoms with Crippen LogP contribution in [-0.4, -0.2) is 18.8 Å². The fourth-order valence-electron chi connectivity index (χ4n) is 1.41. The van der Waals surface area contributed by atoms with E-state index in [4.69, 9.17) is 9.84 Å². The molecule has 0 aliphatic heterocycles. The maximum Gasteiger partial charge on any atom is 0.162 e. The zero-order chi connectivity index (χ0) is 11.3. The van der Waals surface area contributed by atoms with E-state index in [-0.39, 0.29) is 18.8 Å². The third-order valence-corrected chi connectivity index (χ3v) is 2.08. The van der Waals surface area contributed by atoms with Crippen molar-refractivity contribution in [3.05, 3.63) is 34.9 Å². The predicted octanol–water partition coefficient (Wildman–Crippen LogP) is 2.04. The second-order valence-corrected chi connectivity index (χ2v) is 3.31. The number of aryl methyl sites for hydroxylation is 1. The summed E-state index contributed by atoms with van der Waals surface area (Å²) < 4.78 is 31.2. The van der Waals surface area contributed by atoms with Gasteiger partial charge in [0.15, 0.2) is 11.6 Å². The summed E-state index contributed by atoms with van der Waals surface area (Å²) in [5.41, 5.74) is 0.889. The third-order valence-electron chi connectivity index (χ3n) is 2.08. The molecule has 1 aromatic rings.